The van der Waals surface area contributed by atoms with E-state index in [0.717, 1.165) is 5.56 Å². The quantitative estimate of drug-likeness (QED) is 0.760. The molecule has 0 aliphatic heterocycles. The Bertz CT molecular complexity index is 281. The highest BCUT2D eigenvalue weighted by Gasteiger charge is 2.01. The lowest BCUT2D eigenvalue weighted by Gasteiger charge is -1.99. The van der Waals surface area contributed by atoms with Crippen LogP contribution in [0.1, 0.15) is 12.0 Å². The van der Waals surface area contributed by atoms with Crippen molar-refractivity contribution >= 4 is 5.78 Å². The summed E-state index contributed by atoms with van der Waals surface area (Å²) in [6, 6.07) is 5.93. The summed E-state index contributed by atoms with van der Waals surface area (Å²) >= 11 is 0. The zero-order valence-corrected chi connectivity index (χ0v) is 7.29. The summed E-state index contributed by atoms with van der Waals surface area (Å²) in [6.07, 6.45) is 0.731. The van der Waals surface area contributed by atoms with Crippen LogP contribution >= 0.6 is 0 Å². The van der Waals surface area contributed by atoms with Gasteiger partial charge in [-0.25, -0.2) is 4.39 Å². The minimum Gasteiger partial charge on any atom is -0.330 e. The number of carbonyl (C=O) groups excluding carboxylic acids is 1. The molecule has 0 saturated carbocycles. The number of halogens is 1. The lowest BCUT2D eigenvalue weighted by molar-refractivity contribution is -0.118. The zero-order valence-electron chi connectivity index (χ0n) is 7.29. The van der Waals surface area contributed by atoms with E-state index in [9.17, 15) is 9.18 Å². The van der Waals surface area contributed by atoms with Crippen LogP contribution in [-0.2, 0) is 11.2 Å². The summed E-state index contributed by atoms with van der Waals surface area (Å²) in [6.45, 7) is 0.375. The third kappa shape index (κ3) is 3.34. The van der Waals surface area contributed by atoms with E-state index >= 15 is 0 Å². The maximum atomic E-state index is 12.5. The fraction of sp³-hybridized carbons (Fsp3) is 0.300. The van der Waals surface area contributed by atoms with Gasteiger partial charge in [-0.2, -0.15) is 0 Å². The second kappa shape index (κ2) is 4.72. The minimum absolute atomic E-state index is 0.0918. The first-order chi connectivity index (χ1) is 6.22. The van der Waals surface area contributed by atoms with E-state index in [4.69, 9.17) is 5.73 Å². The number of ketones is 1. The van der Waals surface area contributed by atoms with Crippen molar-refractivity contribution < 1.29 is 9.18 Å². The van der Waals surface area contributed by atoms with Gasteiger partial charge in [-0.05, 0) is 24.2 Å². The van der Waals surface area contributed by atoms with E-state index in [2.05, 4.69) is 0 Å². The van der Waals surface area contributed by atoms with Gasteiger partial charge in [-0.15, -0.1) is 0 Å². The van der Waals surface area contributed by atoms with Crippen LogP contribution in [0.3, 0.4) is 0 Å². The lowest BCUT2D eigenvalue weighted by atomic mass is 10.1. The first kappa shape index (κ1) is 9.86. The molecule has 1 aromatic carbocycles. The van der Waals surface area contributed by atoms with Crippen molar-refractivity contribution in [3.8, 4) is 0 Å². The Balaban J connectivity index is 2.54. The predicted molar refractivity (Wildman–Crippen MR) is 48.8 cm³/mol. The number of hydrogen-bond donors (Lipinski definition) is 1. The number of rotatable bonds is 4. The van der Waals surface area contributed by atoms with E-state index < -0.39 is 0 Å². The van der Waals surface area contributed by atoms with Crippen LogP contribution in [0.2, 0.25) is 0 Å². The van der Waals surface area contributed by atoms with Crippen LogP contribution in [0.4, 0.5) is 4.39 Å². The van der Waals surface area contributed by atoms with Crippen LogP contribution in [0.5, 0.6) is 0 Å². The molecule has 0 aromatic heterocycles. The number of benzene rings is 1. The van der Waals surface area contributed by atoms with Crippen LogP contribution in [0.25, 0.3) is 0 Å². The van der Waals surface area contributed by atoms with Gasteiger partial charge in [-0.1, -0.05) is 12.1 Å². The summed E-state index contributed by atoms with van der Waals surface area (Å²) < 4.78 is 12.5. The molecule has 0 fully saturated rings. The average Bonchev–Trinajstić information content (AvgIpc) is 2.09. The van der Waals surface area contributed by atoms with Crippen LogP contribution in [0.15, 0.2) is 24.3 Å². The van der Waals surface area contributed by atoms with Gasteiger partial charge in [0.15, 0.2) is 0 Å². The lowest BCUT2D eigenvalue weighted by Crippen LogP contribution is -2.09. The van der Waals surface area contributed by atoms with Gasteiger partial charge in [0.05, 0.1) is 0 Å². The standard InChI is InChI=1S/C10H12FNO/c11-9-3-1-8(2-4-9)7-10(13)5-6-12/h1-4H,5-7,12H2. The number of nitrogens with two attached hydrogens (primary N) is 1. The molecule has 0 atom stereocenters. The Kier molecular flexibility index (Phi) is 3.58. The van der Waals surface area contributed by atoms with E-state index in [-0.39, 0.29) is 11.6 Å². The van der Waals surface area contributed by atoms with Crippen molar-refractivity contribution in [2.24, 2.45) is 5.73 Å². The summed E-state index contributed by atoms with van der Waals surface area (Å²) in [5.74, 6) is -0.191. The summed E-state index contributed by atoms with van der Waals surface area (Å²) in [4.78, 5) is 11.1. The molecular weight excluding hydrogens is 169 g/mol. The van der Waals surface area contributed by atoms with Gasteiger partial charge in [0.1, 0.15) is 11.6 Å². The molecule has 3 heteroatoms. The Morgan fingerprint density at radius 1 is 1.31 bits per heavy atom. The first-order valence-electron chi connectivity index (χ1n) is 4.18. The Morgan fingerprint density at radius 2 is 1.92 bits per heavy atom. The Hall–Kier alpha value is -1.22. The molecule has 0 aliphatic carbocycles. The van der Waals surface area contributed by atoms with Crippen molar-refractivity contribution in [1.29, 1.82) is 0 Å². The average molecular weight is 181 g/mol. The third-order valence-electron chi connectivity index (χ3n) is 1.74. The van der Waals surface area contributed by atoms with Gasteiger partial charge < -0.3 is 5.73 Å². The summed E-state index contributed by atoms with van der Waals surface area (Å²) in [7, 11) is 0. The van der Waals surface area contributed by atoms with E-state index in [1.165, 1.54) is 12.1 Å². The number of Topliss-reactive ketones (excluding diaryl/α,β-unsaturated/α-hetero) is 1. The van der Waals surface area contributed by atoms with Gasteiger partial charge in [-0.3, -0.25) is 4.79 Å². The fourth-order valence-corrected chi connectivity index (χ4v) is 1.08. The Labute approximate surface area is 76.6 Å². The normalized spacial score (nSPS) is 10.0. The number of hydrogen-bond acceptors (Lipinski definition) is 2. The van der Waals surface area contributed by atoms with Crippen LogP contribution < -0.4 is 5.73 Å². The van der Waals surface area contributed by atoms with E-state index in [1.807, 2.05) is 0 Å². The van der Waals surface area contributed by atoms with Gasteiger partial charge >= 0.3 is 0 Å². The highest BCUT2D eigenvalue weighted by atomic mass is 19.1. The number of carbonyl (C=O) groups is 1. The predicted octanol–water partition coefficient (Wildman–Crippen LogP) is 1.29. The summed E-state index contributed by atoms with van der Waals surface area (Å²) in [5.41, 5.74) is 6.06. The molecule has 0 spiro atoms. The minimum atomic E-state index is -0.282. The largest absolute Gasteiger partial charge is 0.330 e. The summed E-state index contributed by atoms with van der Waals surface area (Å²) in [5, 5.41) is 0. The molecule has 0 radical (unpaired) electrons. The highest BCUT2D eigenvalue weighted by molar-refractivity contribution is 5.80. The van der Waals surface area contributed by atoms with Crippen molar-refractivity contribution in [3.05, 3.63) is 35.6 Å². The maximum Gasteiger partial charge on any atom is 0.138 e. The van der Waals surface area contributed by atoms with Gasteiger partial charge in [0, 0.05) is 12.8 Å². The molecule has 0 heterocycles. The molecule has 2 N–H and O–H groups in total. The SMILES string of the molecule is NCCC(=O)Cc1ccc(F)cc1. The molecule has 0 unspecified atom stereocenters. The van der Waals surface area contributed by atoms with Crippen molar-refractivity contribution in [3.63, 3.8) is 0 Å². The second-order valence-electron chi connectivity index (χ2n) is 2.88. The van der Waals surface area contributed by atoms with Gasteiger partial charge in [0.2, 0.25) is 0 Å². The van der Waals surface area contributed by atoms with Crippen molar-refractivity contribution in [1.82, 2.24) is 0 Å². The molecule has 0 bridgehead atoms. The molecule has 1 aromatic rings. The van der Waals surface area contributed by atoms with Crippen molar-refractivity contribution in [2.75, 3.05) is 6.54 Å². The van der Waals surface area contributed by atoms with Gasteiger partial charge in [0.25, 0.3) is 0 Å². The van der Waals surface area contributed by atoms with Crippen molar-refractivity contribution in [2.45, 2.75) is 12.8 Å². The monoisotopic (exact) mass is 181 g/mol. The zero-order chi connectivity index (χ0) is 9.68. The molecular formula is C10H12FNO. The maximum absolute atomic E-state index is 12.5. The molecule has 0 saturated heterocycles. The molecule has 1 rings (SSSR count). The molecule has 0 aliphatic rings. The van der Waals surface area contributed by atoms with Crippen LogP contribution in [-0.4, -0.2) is 12.3 Å². The highest BCUT2D eigenvalue weighted by Crippen LogP contribution is 2.04. The fourth-order valence-electron chi connectivity index (χ4n) is 1.08. The molecule has 0 amide bonds. The smallest absolute Gasteiger partial charge is 0.138 e. The molecule has 13 heavy (non-hydrogen) atoms. The molecule has 70 valence electrons. The Morgan fingerprint density at radius 3 is 2.46 bits per heavy atom. The second-order valence-corrected chi connectivity index (χ2v) is 2.88. The molecule has 2 nitrogen and oxygen atoms in total. The third-order valence-corrected chi connectivity index (χ3v) is 1.74. The van der Waals surface area contributed by atoms with Crippen LogP contribution in [0, 0.1) is 5.82 Å². The van der Waals surface area contributed by atoms with E-state index in [0.29, 0.717) is 19.4 Å². The first-order valence-corrected chi connectivity index (χ1v) is 4.18. The topological polar surface area (TPSA) is 43.1 Å². The van der Waals surface area contributed by atoms with E-state index in [1.54, 1.807) is 12.1 Å².